The molecule has 1 rings (SSSR count). The van der Waals surface area contributed by atoms with E-state index in [1.54, 1.807) is 24.3 Å². The molecule has 1 aromatic rings. The Hall–Kier alpha value is -1.84. The lowest BCUT2D eigenvalue weighted by Gasteiger charge is -2.10. The summed E-state index contributed by atoms with van der Waals surface area (Å²) in [6, 6.07) is 8.80. The lowest BCUT2D eigenvalue weighted by molar-refractivity contribution is -0.138. The third kappa shape index (κ3) is 2.58. The minimum Gasteiger partial charge on any atom is -0.481 e. The zero-order chi connectivity index (χ0) is 10.6. The number of benzene rings is 1. The van der Waals surface area contributed by atoms with Crippen LogP contribution < -0.4 is 5.73 Å². The molecule has 1 unspecified atom stereocenters. The van der Waals surface area contributed by atoms with Crippen LogP contribution in [0.2, 0.25) is 0 Å². The van der Waals surface area contributed by atoms with Gasteiger partial charge >= 0.3 is 5.97 Å². The van der Waals surface area contributed by atoms with Gasteiger partial charge in [0.1, 0.15) is 0 Å². The first kappa shape index (κ1) is 10.2. The number of amidine groups is 1. The van der Waals surface area contributed by atoms with Gasteiger partial charge in [0, 0.05) is 6.42 Å². The largest absolute Gasteiger partial charge is 0.481 e. The molecule has 0 heterocycles. The first-order chi connectivity index (χ1) is 6.61. The van der Waals surface area contributed by atoms with E-state index in [4.69, 9.17) is 16.2 Å². The molecule has 0 bridgehead atoms. The maximum Gasteiger partial charge on any atom is 0.311 e. The molecule has 0 amide bonds. The molecular weight excluding hydrogens is 180 g/mol. The van der Waals surface area contributed by atoms with E-state index in [0.717, 1.165) is 0 Å². The summed E-state index contributed by atoms with van der Waals surface area (Å²) in [4.78, 5) is 10.9. The Morgan fingerprint density at radius 2 is 2.00 bits per heavy atom. The van der Waals surface area contributed by atoms with Crippen LogP contribution in [-0.4, -0.2) is 16.9 Å². The van der Waals surface area contributed by atoms with Crippen LogP contribution in [0.3, 0.4) is 0 Å². The van der Waals surface area contributed by atoms with Crippen molar-refractivity contribution >= 4 is 11.8 Å². The number of rotatable bonds is 4. The predicted octanol–water partition coefficient (Wildman–Crippen LogP) is 1.18. The number of aliphatic carboxylic acids is 1. The fraction of sp³-hybridized carbons (Fsp3) is 0.200. The van der Waals surface area contributed by atoms with Gasteiger partial charge in [0.25, 0.3) is 0 Å². The van der Waals surface area contributed by atoms with Crippen LogP contribution in [0.5, 0.6) is 0 Å². The van der Waals surface area contributed by atoms with Crippen molar-refractivity contribution in [3.05, 3.63) is 35.9 Å². The zero-order valence-corrected chi connectivity index (χ0v) is 7.60. The smallest absolute Gasteiger partial charge is 0.311 e. The van der Waals surface area contributed by atoms with Crippen LogP contribution in [0.1, 0.15) is 17.9 Å². The number of nitrogens with two attached hydrogens (primary N) is 1. The summed E-state index contributed by atoms with van der Waals surface area (Å²) in [5.74, 6) is -1.78. The molecule has 0 radical (unpaired) electrons. The summed E-state index contributed by atoms with van der Waals surface area (Å²) >= 11 is 0. The fourth-order valence-corrected chi connectivity index (χ4v) is 1.25. The summed E-state index contributed by atoms with van der Waals surface area (Å²) in [5.41, 5.74) is 5.86. The van der Waals surface area contributed by atoms with Crippen LogP contribution >= 0.6 is 0 Å². The number of carbonyl (C=O) groups is 1. The summed E-state index contributed by atoms with van der Waals surface area (Å²) in [6.45, 7) is 0. The average Bonchev–Trinajstić information content (AvgIpc) is 2.15. The van der Waals surface area contributed by atoms with E-state index in [1.165, 1.54) is 0 Å². The first-order valence-corrected chi connectivity index (χ1v) is 4.22. The molecule has 0 aliphatic rings. The Morgan fingerprint density at radius 1 is 1.43 bits per heavy atom. The minimum atomic E-state index is -0.952. The van der Waals surface area contributed by atoms with Gasteiger partial charge in [-0.3, -0.25) is 10.2 Å². The van der Waals surface area contributed by atoms with Crippen molar-refractivity contribution in [2.75, 3.05) is 0 Å². The second-order valence-electron chi connectivity index (χ2n) is 3.03. The number of nitrogens with one attached hydrogen (secondary N) is 1. The van der Waals surface area contributed by atoms with E-state index in [0.29, 0.717) is 5.56 Å². The molecule has 1 aromatic carbocycles. The van der Waals surface area contributed by atoms with Crippen LogP contribution in [0.4, 0.5) is 0 Å². The molecule has 1 atom stereocenters. The van der Waals surface area contributed by atoms with Crippen molar-refractivity contribution < 1.29 is 9.90 Å². The van der Waals surface area contributed by atoms with E-state index in [-0.39, 0.29) is 12.3 Å². The Balaban J connectivity index is 2.89. The number of carboxylic acid groups (broad SMARTS) is 1. The molecular formula is C10H12N2O2. The summed E-state index contributed by atoms with van der Waals surface area (Å²) < 4.78 is 0. The molecule has 4 N–H and O–H groups in total. The van der Waals surface area contributed by atoms with Crippen molar-refractivity contribution in [3.8, 4) is 0 Å². The predicted molar refractivity (Wildman–Crippen MR) is 53.3 cm³/mol. The summed E-state index contributed by atoms with van der Waals surface area (Å²) in [5, 5.41) is 16.0. The highest BCUT2D eigenvalue weighted by Gasteiger charge is 2.20. The Labute approximate surface area is 81.9 Å². The van der Waals surface area contributed by atoms with Crippen molar-refractivity contribution in [3.63, 3.8) is 0 Å². The second-order valence-corrected chi connectivity index (χ2v) is 3.03. The second kappa shape index (κ2) is 4.41. The van der Waals surface area contributed by atoms with Crippen molar-refractivity contribution in [1.29, 1.82) is 5.41 Å². The van der Waals surface area contributed by atoms with Crippen LogP contribution in [0, 0.1) is 5.41 Å². The molecule has 0 aliphatic heterocycles. The molecule has 4 nitrogen and oxygen atoms in total. The van der Waals surface area contributed by atoms with Gasteiger partial charge in [-0.25, -0.2) is 0 Å². The van der Waals surface area contributed by atoms with Crippen LogP contribution in [-0.2, 0) is 4.79 Å². The quantitative estimate of drug-likeness (QED) is 0.494. The van der Waals surface area contributed by atoms with E-state index in [2.05, 4.69) is 0 Å². The number of hydrogen-bond acceptors (Lipinski definition) is 2. The summed E-state index contributed by atoms with van der Waals surface area (Å²) in [6.07, 6.45) is 0.0549. The first-order valence-electron chi connectivity index (χ1n) is 4.22. The molecule has 0 saturated carbocycles. The zero-order valence-electron chi connectivity index (χ0n) is 7.60. The highest BCUT2D eigenvalue weighted by Crippen LogP contribution is 2.19. The topological polar surface area (TPSA) is 87.2 Å². The Bertz CT molecular complexity index is 335. The Morgan fingerprint density at radius 3 is 2.43 bits per heavy atom. The van der Waals surface area contributed by atoms with Crippen molar-refractivity contribution in [2.24, 2.45) is 5.73 Å². The lowest BCUT2D eigenvalue weighted by atomic mass is 9.95. The molecule has 14 heavy (non-hydrogen) atoms. The van der Waals surface area contributed by atoms with E-state index in [1.807, 2.05) is 6.07 Å². The van der Waals surface area contributed by atoms with Gasteiger partial charge in [-0.2, -0.15) is 0 Å². The molecule has 0 aliphatic carbocycles. The number of carboxylic acids is 1. The van der Waals surface area contributed by atoms with Crippen molar-refractivity contribution in [1.82, 2.24) is 0 Å². The van der Waals surface area contributed by atoms with Gasteiger partial charge in [0.2, 0.25) is 0 Å². The summed E-state index contributed by atoms with van der Waals surface area (Å²) in [7, 11) is 0. The Kier molecular flexibility index (Phi) is 3.23. The molecule has 0 spiro atoms. The standard InChI is InChI=1S/C10H12N2O2/c11-9(12)6-8(10(13)14)7-4-2-1-3-5-7/h1-5,8H,6H2,(H3,11,12)(H,13,14). The highest BCUT2D eigenvalue weighted by atomic mass is 16.4. The third-order valence-corrected chi connectivity index (χ3v) is 1.92. The average molecular weight is 192 g/mol. The van der Waals surface area contributed by atoms with Gasteiger partial charge in [-0.05, 0) is 5.56 Å². The minimum absolute atomic E-state index is 0.0549. The third-order valence-electron chi connectivity index (χ3n) is 1.92. The number of hydrogen-bond donors (Lipinski definition) is 3. The molecule has 0 fully saturated rings. The van der Waals surface area contributed by atoms with Crippen LogP contribution in [0.25, 0.3) is 0 Å². The van der Waals surface area contributed by atoms with Crippen LogP contribution in [0.15, 0.2) is 30.3 Å². The van der Waals surface area contributed by atoms with Gasteiger partial charge in [0.05, 0.1) is 11.8 Å². The van der Waals surface area contributed by atoms with E-state index in [9.17, 15) is 4.79 Å². The SMILES string of the molecule is N=C(N)CC(C(=O)O)c1ccccc1. The maximum atomic E-state index is 10.9. The van der Waals surface area contributed by atoms with Gasteiger partial charge in [0.15, 0.2) is 0 Å². The van der Waals surface area contributed by atoms with Gasteiger partial charge in [-0.1, -0.05) is 30.3 Å². The molecule has 0 saturated heterocycles. The van der Waals surface area contributed by atoms with E-state index >= 15 is 0 Å². The highest BCUT2D eigenvalue weighted by molar-refractivity contribution is 5.86. The van der Waals surface area contributed by atoms with Crippen molar-refractivity contribution in [2.45, 2.75) is 12.3 Å². The fourth-order valence-electron chi connectivity index (χ4n) is 1.25. The molecule has 74 valence electrons. The lowest BCUT2D eigenvalue weighted by Crippen LogP contribution is -2.20. The van der Waals surface area contributed by atoms with Gasteiger partial charge < -0.3 is 10.8 Å². The normalized spacial score (nSPS) is 12.0. The molecule has 0 aromatic heterocycles. The molecule has 4 heteroatoms. The van der Waals surface area contributed by atoms with E-state index < -0.39 is 11.9 Å². The maximum absolute atomic E-state index is 10.9. The monoisotopic (exact) mass is 192 g/mol. The van der Waals surface area contributed by atoms with Gasteiger partial charge in [-0.15, -0.1) is 0 Å².